The number of carbonyl (C=O) groups excluding carboxylic acids is 1. The van der Waals surface area contributed by atoms with E-state index in [0.29, 0.717) is 19.6 Å². The van der Waals surface area contributed by atoms with Gasteiger partial charge in [-0.2, -0.15) is 5.26 Å². The molecule has 2 N–H and O–H groups in total. The summed E-state index contributed by atoms with van der Waals surface area (Å²) < 4.78 is 5.26. The maximum absolute atomic E-state index is 12.1. The number of methoxy groups -OCH3 is 1. The number of benzene rings is 1. The average Bonchev–Trinajstić information content (AvgIpc) is 3.23. The highest BCUT2D eigenvalue weighted by atomic mass is 16.5. The van der Waals surface area contributed by atoms with Crippen LogP contribution in [0, 0.1) is 11.3 Å². The van der Waals surface area contributed by atoms with E-state index in [1.165, 1.54) is 0 Å². The van der Waals surface area contributed by atoms with Crippen LogP contribution in [0.2, 0.25) is 0 Å². The van der Waals surface area contributed by atoms with E-state index in [1.54, 1.807) is 12.0 Å². The Kier molecular flexibility index (Phi) is 6.82. The zero-order valence-corrected chi connectivity index (χ0v) is 16.0. The number of nitriles is 1. The second-order valence-electron chi connectivity index (χ2n) is 6.64. The van der Waals surface area contributed by atoms with Gasteiger partial charge in [-0.3, -0.25) is 4.79 Å². The molecule has 1 aromatic heterocycles. The molecule has 1 fully saturated rings. The van der Waals surface area contributed by atoms with Crippen molar-refractivity contribution in [2.75, 3.05) is 38.6 Å². The Bertz CT molecular complexity index is 831. The van der Waals surface area contributed by atoms with Gasteiger partial charge >= 0.3 is 0 Å². The number of nitrogens with zero attached hydrogens (tertiary/aromatic N) is 3. The molecule has 1 aliphatic heterocycles. The largest absolute Gasteiger partial charge is 0.497 e. The van der Waals surface area contributed by atoms with Crippen LogP contribution in [-0.2, 0) is 4.79 Å². The fourth-order valence-corrected chi connectivity index (χ4v) is 3.25. The van der Waals surface area contributed by atoms with Crippen molar-refractivity contribution in [3.8, 4) is 22.9 Å². The standard InChI is InChI=1S/C21H25N5O2/c1-28-19-6-2-4-16(12-19)17-7-8-20(25-14-17)24-10-9-23-15-21(27)26-11-3-5-18(26)13-22/h2,4,6-8,12,14,18,23H,3,5,9-11,15H2,1H3,(H,24,25)/t18-/m0/s1. The van der Waals surface area contributed by atoms with Crippen LogP contribution in [0.3, 0.4) is 0 Å². The van der Waals surface area contributed by atoms with Crippen molar-refractivity contribution in [3.63, 3.8) is 0 Å². The summed E-state index contributed by atoms with van der Waals surface area (Å²) in [6.45, 7) is 2.22. The van der Waals surface area contributed by atoms with Crippen LogP contribution in [0.15, 0.2) is 42.6 Å². The molecule has 7 nitrogen and oxygen atoms in total. The van der Waals surface area contributed by atoms with Gasteiger partial charge in [0.05, 0.1) is 19.7 Å². The Labute approximate surface area is 165 Å². The molecule has 0 spiro atoms. The van der Waals surface area contributed by atoms with E-state index in [4.69, 9.17) is 10.00 Å². The Hall–Kier alpha value is -3.11. The van der Waals surface area contributed by atoms with Gasteiger partial charge < -0.3 is 20.3 Å². The fraction of sp³-hybridized carbons (Fsp3) is 0.381. The van der Waals surface area contributed by atoms with E-state index >= 15 is 0 Å². The third-order valence-electron chi connectivity index (χ3n) is 4.77. The van der Waals surface area contributed by atoms with E-state index in [-0.39, 0.29) is 18.5 Å². The Morgan fingerprint density at radius 3 is 2.96 bits per heavy atom. The predicted molar refractivity (Wildman–Crippen MR) is 108 cm³/mol. The smallest absolute Gasteiger partial charge is 0.237 e. The maximum Gasteiger partial charge on any atom is 0.237 e. The molecule has 1 saturated heterocycles. The number of likely N-dealkylation sites (tertiary alicyclic amines) is 1. The SMILES string of the molecule is COc1cccc(-c2ccc(NCCNCC(=O)N3CCC[C@H]3C#N)nc2)c1. The number of nitrogens with one attached hydrogen (secondary N) is 2. The number of rotatable bonds is 8. The minimum Gasteiger partial charge on any atom is -0.497 e. The molecule has 0 radical (unpaired) electrons. The van der Waals surface area contributed by atoms with Crippen LogP contribution in [0.25, 0.3) is 11.1 Å². The van der Waals surface area contributed by atoms with Gasteiger partial charge in [0.15, 0.2) is 0 Å². The molecule has 0 bridgehead atoms. The number of ether oxygens (including phenoxy) is 1. The molecular weight excluding hydrogens is 354 g/mol. The van der Waals surface area contributed by atoms with E-state index in [2.05, 4.69) is 21.7 Å². The van der Waals surface area contributed by atoms with Gasteiger partial charge in [-0.15, -0.1) is 0 Å². The second-order valence-corrected chi connectivity index (χ2v) is 6.64. The van der Waals surface area contributed by atoms with Gasteiger partial charge in [0.1, 0.15) is 17.6 Å². The lowest BCUT2D eigenvalue weighted by molar-refractivity contribution is -0.130. The van der Waals surface area contributed by atoms with Gasteiger partial charge in [-0.25, -0.2) is 4.98 Å². The molecule has 0 aliphatic carbocycles. The van der Waals surface area contributed by atoms with Crippen molar-refractivity contribution >= 4 is 11.7 Å². The summed E-state index contributed by atoms with van der Waals surface area (Å²) in [5.41, 5.74) is 2.07. The Morgan fingerprint density at radius 2 is 2.21 bits per heavy atom. The molecule has 1 aromatic carbocycles. The number of carbonyl (C=O) groups is 1. The summed E-state index contributed by atoms with van der Waals surface area (Å²) in [4.78, 5) is 18.2. The highest BCUT2D eigenvalue weighted by molar-refractivity contribution is 5.79. The normalized spacial score (nSPS) is 15.9. The maximum atomic E-state index is 12.1. The number of pyridine rings is 1. The van der Waals surface area contributed by atoms with E-state index in [0.717, 1.165) is 35.5 Å². The zero-order valence-electron chi connectivity index (χ0n) is 16.0. The first-order valence-electron chi connectivity index (χ1n) is 9.45. The van der Waals surface area contributed by atoms with Crippen LogP contribution in [-0.4, -0.2) is 55.1 Å². The molecule has 7 heteroatoms. The van der Waals surface area contributed by atoms with Crippen molar-refractivity contribution in [1.82, 2.24) is 15.2 Å². The molecule has 0 unspecified atom stereocenters. The minimum absolute atomic E-state index is 0.00943. The molecular formula is C21H25N5O2. The van der Waals surface area contributed by atoms with Crippen LogP contribution < -0.4 is 15.4 Å². The summed E-state index contributed by atoms with van der Waals surface area (Å²) in [6.07, 6.45) is 3.51. The first-order valence-corrected chi connectivity index (χ1v) is 9.45. The van der Waals surface area contributed by atoms with Crippen LogP contribution >= 0.6 is 0 Å². The first kappa shape index (κ1) is 19.6. The molecule has 1 aliphatic rings. The fourth-order valence-electron chi connectivity index (χ4n) is 3.25. The van der Waals surface area contributed by atoms with Crippen molar-refractivity contribution in [3.05, 3.63) is 42.6 Å². The number of aromatic nitrogens is 1. The average molecular weight is 379 g/mol. The third kappa shape index (κ3) is 4.99. The van der Waals surface area contributed by atoms with Gasteiger partial charge in [-0.05, 0) is 42.7 Å². The number of anilines is 1. The topological polar surface area (TPSA) is 90.3 Å². The summed E-state index contributed by atoms with van der Waals surface area (Å²) >= 11 is 0. The molecule has 2 aromatic rings. The lowest BCUT2D eigenvalue weighted by atomic mass is 10.1. The van der Waals surface area contributed by atoms with Crippen molar-refractivity contribution < 1.29 is 9.53 Å². The number of amides is 1. The van der Waals surface area contributed by atoms with Gasteiger partial charge in [0.25, 0.3) is 0 Å². The first-order chi connectivity index (χ1) is 13.7. The van der Waals surface area contributed by atoms with E-state index in [9.17, 15) is 4.79 Å². The molecule has 28 heavy (non-hydrogen) atoms. The second kappa shape index (κ2) is 9.72. The third-order valence-corrected chi connectivity index (χ3v) is 4.77. The lowest BCUT2D eigenvalue weighted by Crippen LogP contribution is -2.41. The Balaban J connectivity index is 1.40. The zero-order chi connectivity index (χ0) is 19.8. The van der Waals surface area contributed by atoms with Crippen LogP contribution in [0.4, 0.5) is 5.82 Å². The number of hydrogen-bond acceptors (Lipinski definition) is 6. The molecule has 146 valence electrons. The highest BCUT2D eigenvalue weighted by Crippen LogP contribution is 2.23. The molecule has 1 amide bonds. The quantitative estimate of drug-likeness (QED) is 0.684. The predicted octanol–water partition coefficient (Wildman–Crippen LogP) is 2.27. The van der Waals surface area contributed by atoms with Crippen molar-refractivity contribution in [2.45, 2.75) is 18.9 Å². The molecule has 2 heterocycles. The molecule has 0 saturated carbocycles. The summed E-state index contributed by atoms with van der Waals surface area (Å²) in [6, 6.07) is 13.7. The Morgan fingerprint density at radius 1 is 1.32 bits per heavy atom. The van der Waals surface area contributed by atoms with Gasteiger partial charge in [0.2, 0.25) is 5.91 Å². The minimum atomic E-state index is -0.264. The summed E-state index contributed by atoms with van der Waals surface area (Å²) in [5.74, 6) is 1.59. The van der Waals surface area contributed by atoms with Gasteiger partial charge in [-0.1, -0.05) is 12.1 Å². The molecule has 3 rings (SSSR count). The highest BCUT2D eigenvalue weighted by Gasteiger charge is 2.27. The summed E-state index contributed by atoms with van der Waals surface area (Å²) in [7, 11) is 1.65. The van der Waals surface area contributed by atoms with Crippen LogP contribution in [0.5, 0.6) is 5.75 Å². The van der Waals surface area contributed by atoms with E-state index < -0.39 is 0 Å². The summed E-state index contributed by atoms with van der Waals surface area (Å²) in [5, 5.41) is 15.4. The molecule has 1 atom stereocenters. The van der Waals surface area contributed by atoms with Gasteiger partial charge in [0, 0.05) is 31.4 Å². The number of hydrogen-bond donors (Lipinski definition) is 2. The van der Waals surface area contributed by atoms with Crippen molar-refractivity contribution in [1.29, 1.82) is 5.26 Å². The van der Waals surface area contributed by atoms with Crippen LogP contribution in [0.1, 0.15) is 12.8 Å². The monoisotopic (exact) mass is 379 g/mol. The lowest BCUT2D eigenvalue weighted by Gasteiger charge is -2.19. The van der Waals surface area contributed by atoms with E-state index in [1.807, 2.05) is 42.6 Å². The van der Waals surface area contributed by atoms with Crippen molar-refractivity contribution in [2.24, 2.45) is 0 Å².